The normalized spacial score (nSPS) is 16.0. The largest absolute Gasteiger partial charge is 0.508 e. The number of nitrogens with one attached hydrogen (secondary N) is 2. The van der Waals surface area contributed by atoms with Gasteiger partial charge in [0.15, 0.2) is 0 Å². The van der Waals surface area contributed by atoms with Crippen LogP contribution in [0.1, 0.15) is 31.9 Å². The SMILES string of the molecule is CC(C)(C)OC(=O)NC(Cc1ccc(O)cc1)C(=O)NCC1(c2ccc(Cl)cc2Cl)OCCO1. The van der Waals surface area contributed by atoms with Crippen LogP contribution in [-0.4, -0.2) is 48.5 Å². The van der Waals surface area contributed by atoms with Crippen LogP contribution < -0.4 is 10.6 Å². The van der Waals surface area contributed by atoms with Gasteiger partial charge in [-0.2, -0.15) is 0 Å². The van der Waals surface area contributed by atoms with Crippen molar-refractivity contribution in [2.45, 2.75) is 44.6 Å². The summed E-state index contributed by atoms with van der Waals surface area (Å²) in [7, 11) is 0. The van der Waals surface area contributed by atoms with Gasteiger partial charge < -0.3 is 30.0 Å². The number of hydrogen-bond donors (Lipinski definition) is 3. The number of amides is 2. The third-order valence-corrected chi connectivity index (χ3v) is 5.52. The number of phenolic OH excluding ortho intramolecular Hbond substituents is 1. The number of rotatable bonds is 7. The first kappa shape index (κ1) is 26.1. The second-order valence-electron chi connectivity index (χ2n) is 8.86. The average Bonchev–Trinajstić information content (AvgIpc) is 3.21. The van der Waals surface area contributed by atoms with Crippen molar-refractivity contribution in [1.82, 2.24) is 10.6 Å². The quantitative estimate of drug-likeness (QED) is 0.516. The van der Waals surface area contributed by atoms with Crippen LogP contribution in [0.3, 0.4) is 0 Å². The Bertz CT molecular complexity index is 1020. The predicted octanol–water partition coefficient (Wildman–Crippen LogP) is 4.15. The van der Waals surface area contributed by atoms with Crippen molar-refractivity contribution in [3.05, 3.63) is 63.6 Å². The molecule has 184 valence electrons. The van der Waals surface area contributed by atoms with E-state index in [0.29, 0.717) is 28.8 Å². The fourth-order valence-electron chi connectivity index (χ4n) is 3.46. The van der Waals surface area contributed by atoms with E-state index in [1.54, 1.807) is 51.1 Å². The third kappa shape index (κ3) is 6.99. The number of aromatic hydroxyl groups is 1. The van der Waals surface area contributed by atoms with Crippen LogP contribution in [0.4, 0.5) is 4.79 Å². The van der Waals surface area contributed by atoms with Gasteiger partial charge in [0.25, 0.3) is 0 Å². The van der Waals surface area contributed by atoms with Gasteiger partial charge in [-0.15, -0.1) is 0 Å². The highest BCUT2D eigenvalue weighted by Crippen LogP contribution is 2.36. The minimum absolute atomic E-state index is 0.0464. The average molecular weight is 511 g/mol. The Labute approximate surface area is 208 Å². The van der Waals surface area contributed by atoms with E-state index >= 15 is 0 Å². The van der Waals surface area contributed by atoms with Crippen molar-refractivity contribution in [3.63, 3.8) is 0 Å². The highest BCUT2D eigenvalue weighted by Gasteiger charge is 2.41. The molecule has 0 radical (unpaired) electrons. The van der Waals surface area contributed by atoms with Crippen LogP contribution in [0, 0.1) is 0 Å². The van der Waals surface area contributed by atoms with Crippen LogP contribution in [0.5, 0.6) is 5.75 Å². The molecule has 2 aromatic carbocycles. The fraction of sp³-hybridized carbons (Fsp3) is 0.417. The fourth-order valence-corrected chi connectivity index (χ4v) is 4.01. The van der Waals surface area contributed by atoms with Crippen molar-refractivity contribution < 1.29 is 28.9 Å². The maximum Gasteiger partial charge on any atom is 0.408 e. The third-order valence-electron chi connectivity index (χ3n) is 4.97. The molecule has 1 heterocycles. The standard InChI is InChI=1S/C24H28Cl2N2O6/c1-23(2,3)34-22(31)28-20(12-15-4-7-17(29)8-5-15)21(30)27-14-24(32-10-11-33-24)18-9-6-16(25)13-19(18)26/h4-9,13,20,29H,10-12,14H2,1-3H3,(H,27,30)(H,28,31). The first-order chi connectivity index (χ1) is 16.0. The first-order valence-electron chi connectivity index (χ1n) is 10.8. The molecule has 0 bridgehead atoms. The second kappa shape index (κ2) is 10.8. The van der Waals surface area contributed by atoms with Crippen LogP contribution in [0.15, 0.2) is 42.5 Å². The molecule has 1 unspecified atom stereocenters. The molecular weight excluding hydrogens is 483 g/mol. The molecule has 2 amide bonds. The highest BCUT2D eigenvalue weighted by molar-refractivity contribution is 6.35. The highest BCUT2D eigenvalue weighted by atomic mass is 35.5. The first-order valence-corrected chi connectivity index (χ1v) is 11.5. The van der Waals surface area contributed by atoms with Crippen LogP contribution in [-0.2, 0) is 31.2 Å². The molecule has 0 saturated carbocycles. The molecule has 2 aromatic rings. The molecular formula is C24H28Cl2N2O6. The minimum atomic E-state index is -1.29. The molecule has 0 spiro atoms. The number of hydrogen-bond acceptors (Lipinski definition) is 6. The Kier molecular flexibility index (Phi) is 8.30. The van der Waals surface area contributed by atoms with Gasteiger partial charge in [-0.1, -0.05) is 41.4 Å². The van der Waals surface area contributed by atoms with Gasteiger partial charge >= 0.3 is 6.09 Å². The monoisotopic (exact) mass is 510 g/mol. The summed E-state index contributed by atoms with van der Waals surface area (Å²) in [5.41, 5.74) is 0.536. The van der Waals surface area contributed by atoms with Crippen molar-refractivity contribution in [2.24, 2.45) is 0 Å². The maximum atomic E-state index is 13.2. The zero-order valence-corrected chi connectivity index (χ0v) is 20.7. The molecule has 1 fully saturated rings. The Morgan fingerprint density at radius 3 is 2.35 bits per heavy atom. The number of alkyl carbamates (subject to hydrolysis) is 1. The Morgan fingerprint density at radius 2 is 1.76 bits per heavy atom. The van der Waals surface area contributed by atoms with E-state index in [0.717, 1.165) is 5.56 Å². The van der Waals surface area contributed by atoms with Crippen LogP contribution in [0.25, 0.3) is 0 Å². The van der Waals surface area contributed by atoms with E-state index in [-0.39, 0.29) is 18.7 Å². The smallest absolute Gasteiger partial charge is 0.408 e. The lowest BCUT2D eigenvalue weighted by Crippen LogP contribution is -2.52. The molecule has 10 heteroatoms. The lowest BCUT2D eigenvalue weighted by molar-refractivity contribution is -0.165. The summed E-state index contributed by atoms with van der Waals surface area (Å²) in [6.45, 7) is 5.79. The molecule has 1 aliphatic rings. The molecule has 3 N–H and O–H groups in total. The molecule has 34 heavy (non-hydrogen) atoms. The predicted molar refractivity (Wildman–Crippen MR) is 128 cm³/mol. The number of ether oxygens (including phenoxy) is 3. The molecule has 1 aliphatic heterocycles. The number of carbonyl (C=O) groups is 2. The number of halogens is 2. The van der Waals surface area contributed by atoms with E-state index in [1.165, 1.54) is 12.1 Å². The molecule has 1 atom stereocenters. The Hall–Kier alpha value is -2.52. The summed E-state index contributed by atoms with van der Waals surface area (Å²) < 4.78 is 17.0. The van der Waals surface area contributed by atoms with Gasteiger partial charge in [0, 0.05) is 17.0 Å². The molecule has 1 saturated heterocycles. The lowest BCUT2D eigenvalue weighted by Gasteiger charge is -2.30. The van der Waals surface area contributed by atoms with E-state index < -0.39 is 29.4 Å². The minimum Gasteiger partial charge on any atom is -0.508 e. The van der Waals surface area contributed by atoms with Crippen molar-refractivity contribution in [1.29, 1.82) is 0 Å². The van der Waals surface area contributed by atoms with Gasteiger partial charge in [-0.25, -0.2) is 4.79 Å². The Balaban J connectivity index is 1.77. The maximum absolute atomic E-state index is 13.2. The number of carbonyl (C=O) groups excluding carboxylic acids is 2. The van der Waals surface area contributed by atoms with E-state index in [9.17, 15) is 14.7 Å². The summed E-state index contributed by atoms with van der Waals surface area (Å²) in [5.74, 6) is -1.66. The van der Waals surface area contributed by atoms with Gasteiger partial charge in [0.1, 0.15) is 17.4 Å². The summed E-state index contributed by atoms with van der Waals surface area (Å²) in [6, 6.07) is 10.3. The summed E-state index contributed by atoms with van der Waals surface area (Å²) >= 11 is 12.4. The van der Waals surface area contributed by atoms with Gasteiger partial charge in [0.2, 0.25) is 11.7 Å². The van der Waals surface area contributed by atoms with E-state index in [1.807, 2.05) is 0 Å². The number of phenols is 1. The van der Waals surface area contributed by atoms with Crippen LogP contribution in [0.2, 0.25) is 10.0 Å². The molecule has 0 aliphatic carbocycles. The topological polar surface area (TPSA) is 106 Å². The zero-order chi connectivity index (χ0) is 24.9. The van der Waals surface area contributed by atoms with E-state index in [2.05, 4.69) is 10.6 Å². The second-order valence-corrected chi connectivity index (χ2v) is 9.70. The number of benzene rings is 2. The lowest BCUT2D eigenvalue weighted by atomic mass is 10.0. The molecule has 8 nitrogen and oxygen atoms in total. The van der Waals surface area contributed by atoms with Gasteiger partial charge in [-0.3, -0.25) is 4.79 Å². The zero-order valence-electron chi connectivity index (χ0n) is 19.2. The van der Waals surface area contributed by atoms with Crippen molar-refractivity contribution in [3.8, 4) is 5.75 Å². The van der Waals surface area contributed by atoms with Gasteiger partial charge in [-0.05, 0) is 50.6 Å². The van der Waals surface area contributed by atoms with Crippen molar-refractivity contribution >= 4 is 35.2 Å². The van der Waals surface area contributed by atoms with E-state index in [4.69, 9.17) is 37.4 Å². The van der Waals surface area contributed by atoms with Crippen LogP contribution >= 0.6 is 23.2 Å². The summed E-state index contributed by atoms with van der Waals surface area (Å²) in [5, 5.41) is 15.8. The molecule has 3 rings (SSSR count). The molecule has 0 aromatic heterocycles. The summed E-state index contributed by atoms with van der Waals surface area (Å²) in [6.07, 6.45) is -0.558. The van der Waals surface area contributed by atoms with Gasteiger partial charge in [0.05, 0.1) is 24.8 Å². The summed E-state index contributed by atoms with van der Waals surface area (Å²) in [4.78, 5) is 25.6. The van der Waals surface area contributed by atoms with Crippen molar-refractivity contribution in [2.75, 3.05) is 19.8 Å². The Morgan fingerprint density at radius 1 is 1.12 bits per heavy atom.